The summed E-state index contributed by atoms with van der Waals surface area (Å²) < 4.78 is 5.16. The standard InChI is InChI=1S/C17H26N6O.HI/c1-5-12(3)20-17(18-6-2)19-11-15-21-16(23-22-15)13-7-9-14(24-4)10-8-13;/h7-10,12H,5-6,11H2,1-4H3,(H2,18,19,20)(H,21,22,23);1H. The lowest BCUT2D eigenvalue weighted by Crippen LogP contribution is -2.41. The highest BCUT2D eigenvalue weighted by molar-refractivity contribution is 14.0. The first-order valence-electron chi connectivity index (χ1n) is 8.26. The van der Waals surface area contributed by atoms with Crippen molar-refractivity contribution in [3.8, 4) is 17.1 Å². The molecule has 0 saturated carbocycles. The molecule has 1 aromatic heterocycles. The third-order valence-electron chi connectivity index (χ3n) is 3.61. The van der Waals surface area contributed by atoms with Crippen LogP contribution in [0.25, 0.3) is 11.4 Å². The van der Waals surface area contributed by atoms with Crippen molar-refractivity contribution in [1.82, 2.24) is 25.8 Å². The van der Waals surface area contributed by atoms with Crippen LogP contribution in [0.3, 0.4) is 0 Å². The number of nitrogens with one attached hydrogen (secondary N) is 3. The van der Waals surface area contributed by atoms with E-state index in [-0.39, 0.29) is 24.0 Å². The highest BCUT2D eigenvalue weighted by Crippen LogP contribution is 2.18. The maximum Gasteiger partial charge on any atom is 0.191 e. The van der Waals surface area contributed by atoms with E-state index in [1.54, 1.807) is 7.11 Å². The third-order valence-corrected chi connectivity index (χ3v) is 3.61. The molecule has 0 radical (unpaired) electrons. The fourth-order valence-electron chi connectivity index (χ4n) is 2.04. The van der Waals surface area contributed by atoms with Crippen molar-refractivity contribution in [2.24, 2.45) is 4.99 Å². The molecule has 1 unspecified atom stereocenters. The van der Waals surface area contributed by atoms with E-state index in [4.69, 9.17) is 4.74 Å². The number of rotatable bonds is 7. The molecule has 1 atom stereocenters. The van der Waals surface area contributed by atoms with Crippen LogP contribution in [0.1, 0.15) is 33.0 Å². The molecule has 0 saturated heterocycles. The minimum Gasteiger partial charge on any atom is -0.497 e. The molecule has 3 N–H and O–H groups in total. The number of ether oxygens (including phenoxy) is 1. The van der Waals surface area contributed by atoms with E-state index in [0.717, 1.165) is 36.1 Å². The van der Waals surface area contributed by atoms with E-state index >= 15 is 0 Å². The van der Waals surface area contributed by atoms with Crippen molar-refractivity contribution in [3.63, 3.8) is 0 Å². The molecule has 138 valence electrons. The van der Waals surface area contributed by atoms with E-state index in [0.29, 0.717) is 18.4 Å². The lowest BCUT2D eigenvalue weighted by Gasteiger charge is -2.15. The van der Waals surface area contributed by atoms with Crippen LogP contribution in [-0.2, 0) is 6.54 Å². The molecule has 2 rings (SSSR count). The molecule has 0 aliphatic heterocycles. The largest absolute Gasteiger partial charge is 0.497 e. The van der Waals surface area contributed by atoms with Gasteiger partial charge in [-0.15, -0.1) is 24.0 Å². The molecule has 7 nitrogen and oxygen atoms in total. The van der Waals surface area contributed by atoms with Gasteiger partial charge >= 0.3 is 0 Å². The van der Waals surface area contributed by atoms with Crippen LogP contribution in [0.15, 0.2) is 29.3 Å². The molecular weight excluding hydrogens is 431 g/mol. The van der Waals surface area contributed by atoms with Crippen molar-refractivity contribution >= 4 is 29.9 Å². The highest BCUT2D eigenvalue weighted by Gasteiger charge is 2.07. The Morgan fingerprint density at radius 2 is 2.00 bits per heavy atom. The number of benzene rings is 1. The maximum atomic E-state index is 5.16. The Balaban J connectivity index is 0.00000312. The number of hydrogen-bond donors (Lipinski definition) is 3. The third kappa shape index (κ3) is 6.52. The number of nitrogens with zero attached hydrogens (tertiary/aromatic N) is 3. The summed E-state index contributed by atoms with van der Waals surface area (Å²) in [4.78, 5) is 9.04. The predicted octanol–water partition coefficient (Wildman–Crippen LogP) is 2.95. The van der Waals surface area contributed by atoms with Crippen molar-refractivity contribution < 1.29 is 4.74 Å². The monoisotopic (exact) mass is 458 g/mol. The Morgan fingerprint density at radius 1 is 1.28 bits per heavy atom. The van der Waals surface area contributed by atoms with Crippen LogP contribution < -0.4 is 15.4 Å². The highest BCUT2D eigenvalue weighted by atomic mass is 127. The second-order valence-corrected chi connectivity index (χ2v) is 5.48. The Labute approximate surface area is 166 Å². The Kier molecular flexibility index (Phi) is 9.25. The van der Waals surface area contributed by atoms with Crippen LogP contribution in [0, 0.1) is 0 Å². The summed E-state index contributed by atoms with van der Waals surface area (Å²) >= 11 is 0. The van der Waals surface area contributed by atoms with Gasteiger partial charge in [0, 0.05) is 18.2 Å². The maximum absolute atomic E-state index is 5.16. The van der Waals surface area contributed by atoms with Crippen LogP contribution in [0.2, 0.25) is 0 Å². The molecule has 0 aliphatic carbocycles. The number of aliphatic imine (C=N–C) groups is 1. The normalized spacial score (nSPS) is 12.2. The summed E-state index contributed by atoms with van der Waals surface area (Å²) in [6, 6.07) is 8.02. The fraction of sp³-hybridized carbons (Fsp3) is 0.471. The minimum absolute atomic E-state index is 0. The van der Waals surface area contributed by atoms with Crippen LogP contribution >= 0.6 is 24.0 Å². The van der Waals surface area contributed by atoms with Gasteiger partial charge in [-0.05, 0) is 44.5 Å². The van der Waals surface area contributed by atoms with Gasteiger partial charge in [0.15, 0.2) is 11.8 Å². The Morgan fingerprint density at radius 3 is 2.60 bits per heavy atom. The number of methoxy groups -OCH3 is 1. The average molecular weight is 458 g/mol. The number of guanidine groups is 1. The lowest BCUT2D eigenvalue weighted by molar-refractivity contribution is 0.415. The van der Waals surface area contributed by atoms with Crippen molar-refractivity contribution in [3.05, 3.63) is 30.1 Å². The lowest BCUT2D eigenvalue weighted by atomic mass is 10.2. The van der Waals surface area contributed by atoms with Gasteiger partial charge in [-0.3, -0.25) is 5.10 Å². The van der Waals surface area contributed by atoms with E-state index in [1.807, 2.05) is 31.2 Å². The van der Waals surface area contributed by atoms with Crippen LogP contribution in [0.4, 0.5) is 0 Å². The van der Waals surface area contributed by atoms with Gasteiger partial charge in [0.2, 0.25) is 0 Å². The summed E-state index contributed by atoms with van der Waals surface area (Å²) in [5, 5.41) is 13.8. The van der Waals surface area contributed by atoms with E-state index in [2.05, 4.69) is 44.7 Å². The van der Waals surface area contributed by atoms with Gasteiger partial charge < -0.3 is 15.4 Å². The molecule has 0 aliphatic rings. The quantitative estimate of drug-likeness (QED) is 0.338. The van der Waals surface area contributed by atoms with Gasteiger partial charge in [-0.2, -0.15) is 5.10 Å². The second-order valence-electron chi connectivity index (χ2n) is 5.48. The summed E-state index contributed by atoms with van der Waals surface area (Å²) in [6.07, 6.45) is 1.04. The zero-order valence-corrected chi connectivity index (χ0v) is 17.5. The SMILES string of the molecule is CCNC(=NCc1nc(-c2ccc(OC)cc2)n[nH]1)NC(C)CC.I. The predicted molar refractivity (Wildman–Crippen MR) is 111 cm³/mol. The molecule has 0 amide bonds. The second kappa shape index (κ2) is 10.9. The molecule has 1 aromatic carbocycles. The smallest absolute Gasteiger partial charge is 0.191 e. The molecule has 8 heteroatoms. The number of aromatic nitrogens is 3. The van der Waals surface area contributed by atoms with E-state index < -0.39 is 0 Å². The Bertz CT molecular complexity index is 655. The number of H-pyrrole nitrogens is 1. The Hall–Kier alpha value is -1.84. The van der Waals surface area contributed by atoms with Crippen LogP contribution in [0.5, 0.6) is 5.75 Å². The van der Waals surface area contributed by atoms with Gasteiger partial charge in [0.1, 0.15) is 18.1 Å². The zero-order valence-electron chi connectivity index (χ0n) is 15.2. The molecule has 0 bridgehead atoms. The van der Waals surface area contributed by atoms with Crippen LogP contribution in [-0.4, -0.2) is 40.8 Å². The van der Waals surface area contributed by atoms with Gasteiger partial charge in [0.05, 0.1) is 7.11 Å². The van der Waals surface area contributed by atoms with Gasteiger partial charge in [-0.25, -0.2) is 9.98 Å². The van der Waals surface area contributed by atoms with E-state index in [9.17, 15) is 0 Å². The first-order valence-corrected chi connectivity index (χ1v) is 8.26. The van der Waals surface area contributed by atoms with Gasteiger partial charge in [0.25, 0.3) is 0 Å². The number of aromatic amines is 1. The average Bonchev–Trinajstić information content (AvgIpc) is 3.08. The number of hydrogen-bond acceptors (Lipinski definition) is 4. The molecule has 0 fully saturated rings. The molecule has 2 aromatic rings. The zero-order chi connectivity index (χ0) is 17.4. The molecular formula is C17H27IN6O. The minimum atomic E-state index is 0. The topological polar surface area (TPSA) is 87.2 Å². The molecule has 25 heavy (non-hydrogen) atoms. The first-order chi connectivity index (χ1) is 11.7. The van der Waals surface area contributed by atoms with Crippen molar-refractivity contribution in [2.45, 2.75) is 39.8 Å². The number of halogens is 1. The summed E-state index contributed by atoms with van der Waals surface area (Å²) in [6.45, 7) is 7.57. The molecule has 1 heterocycles. The van der Waals surface area contributed by atoms with Crippen molar-refractivity contribution in [2.75, 3.05) is 13.7 Å². The summed E-state index contributed by atoms with van der Waals surface area (Å²) in [5.41, 5.74) is 0.937. The fourth-order valence-corrected chi connectivity index (χ4v) is 2.04. The summed E-state index contributed by atoms with van der Waals surface area (Å²) in [7, 11) is 1.65. The molecule has 0 spiro atoms. The van der Waals surface area contributed by atoms with Gasteiger partial charge in [-0.1, -0.05) is 6.92 Å². The summed E-state index contributed by atoms with van der Waals surface area (Å²) in [5.74, 6) is 2.98. The van der Waals surface area contributed by atoms with Crippen molar-refractivity contribution in [1.29, 1.82) is 0 Å². The first kappa shape index (κ1) is 21.2. The van der Waals surface area contributed by atoms with E-state index in [1.165, 1.54) is 0 Å².